The molecule has 0 unspecified atom stereocenters. The third-order valence-corrected chi connectivity index (χ3v) is 5.71. The van der Waals surface area contributed by atoms with Crippen molar-refractivity contribution in [3.05, 3.63) is 24.5 Å². The molecule has 122 valence electrons. The van der Waals surface area contributed by atoms with Crippen molar-refractivity contribution in [1.29, 1.82) is 0 Å². The van der Waals surface area contributed by atoms with Crippen molar-refractivity contribution in [2.75, 3.05) is 26.7 Å². The minimum absolute atomic E-state index is 0.102. The number of amides is 1. The first-order valence-corrected chi connectivity index (χ1v) is 8.89. The zero-order chi connectivity index (χ0) is 16.3. The van der Waals surface area contributed by atoms with E-state index in [9.17, 15) is 13.2 Å². The lowest BCUT2D eigenvalue weighted by atomic mass is 9.92. The molecule has 1 aromatic heterocycles. The van der Waals surface area contributed by atoms with E-state index in [2.05, 4.69) is 18.8 Å². The highest BCUT2D eigenvalue weighted by molar-refractivity contribution is 7.89. The summed E-state index contributed by atoms with van der Waals surface area (Å²) in [5.41, 5.74) is 0. The number of likely N-dealkylation sites (N-methyl/N-ethyl adjacent to an activating group) is 1. The predicted octanol–water partition coefficient (Wildman–Crippen LogP) is 1.21. The van der Waals surface area contributed by atoms with Crippen molar-refractivity contribution in [1.82, 2.24) is 14.2 Å². The molecular formula is C15H23N3O3S. The summed E-state index contributed by atoms with van der Waals surface area (Å²) in [5.74, 6) is 0.759. The lowest BCUT2D eigenvalue weighted by Crippen LogP contribution is -2.47. The van der Waals surface area contributed by atoms with E-state index in [1.807, 2.05) is 0 Å². The average molecular weight is 325 g/mol. The molecule has 0 N–H and O–H groups in total. The molecule has 7 heteroatoms. The second-order valence-electron chi connectivity index (χ2n) is 6.19. The SMILES string of the molecule is C[C@H]1C[C@H](C)CN(C(=O)CN(C)S(=O)(=O)c2cccnc2)C1. The van der Waals surface area contributed by atoms with Crippen molar-refractivity contribution < 1.29 is 13.2 Å². The van der Waals surface area contributed by atoms with Gasteiger partial charge in [-0.15, -0.1) is 0 Å². The fourth-order valence-corrected chi connectivity index (χ4v) is 4.01. The van der Waals surface area contributed by atoms with Gasteiger partial charge >= 0.3 is 0 Å². The number of sulfonamides is 1. The lowest BCUT2D eigenvalue weighted by Gasteiger charge is -2.35. The highest BCUT2D eigenvalue weighted by Gasteiger charge is 2.29. The first-order chi connectivity index (χ1) is 10.3. The van der Waals surface area contributed by atoms with Crippen molar-refractivity contribution in [2.24, 2.45) is 11.8 Å². The third-order valence-electron chi connectivity index (χ3n) is 3.92. The van der Waals surface area contributed by atoms with Crippen LogP contribution < -0.4 is 0 Å². The van der Waals surface area contributed by atoms with E-state index in [4.69, 9.17) is 0 Å². The van der Waals surface area contributed by atoms with E-state index in [0.29, 0.717) is 24.9 Å². The van der Waals surface area contributed by atoms with Gasteiger partial charge in [0.15, 0.2) is 0 Å². The Bertz CT molecular complexity index is 608. The molecule has 0 aliphatic carbocycles. The molecule has 1 saturated heterocycles. The van der Waals surface area contributed by atoms with Crippen LogP contribution in [-0.2, 0) is 14.8 Å². The Morgan fingerprint density at radius 1 is 1.36 bits per heavy atom. The van der Waals surface area contributed by atoms with E-state index in [0.717, 1.165) is 10.7 Å². The van der Waals surface area contributed by atoms with Crippen molar-refractivity contribution in [3.8, 4) is 0 Å². The molecule has 1 fully saturated rings. The predicted molar refractivity (Wildman–Crippen MR) is 83.6 cm³/mol. The Balaban J connectivity index is 2.05. The Morgan fingerprint density at radius 2 is 2.00 bits per heavy atom. The number of rotatable bonds is 4. The van der Waals surface area contributed by atoms with Crippen LogP contribution in [-0.4, -0.2) is 55.2 Å². The van der Waals surface area contributed by atoms with Crippen LogP contribution in [0.2, 0.25) is 0 Å². The monoisotopic (exact) mass is 325 g/mol. The minimum Gasteiger partial charge on any atom is -0.341 e. The van der Waals surface area contributed by atoms with Crippen molar-refractivity contribution in [2.45, 2.75) is 25.2 Å². The maximum absolute atomic E-state index is 12.4. The first-order valence-electron chi connectivity index (χ1n) is 7.45. The summed E-state index contributed by atoms with van der Waals surface area (Å²) in [6.45, 7) is 5.49. The van der Waals surface area contributed by atoms with E-state index in [1.165, 1.54) is 25.5 Å². The number of pyridine rings is 1. The molecule has 2 atom stereocenters. The second-order valence-corrected chi connectivity index (χ2v) is 8.24. The molecule has 0 aromatic carbocycles. The van der Waals surface area contributed by atoms with Gasteiger partial charge in [-0.2, -0.15) is 4.31 Å². The largest absolute Gasteiger partial charge is 0.341 e. The zero-order valence-corrected chi connectivity index (χ0v) is 14.1. The molecule has 1 aliphatic heterocycles. The fraction of sp³-hybridized carbons (Fsp3) is 0.600. The number of aromatic nitrogens is 1. The van der Waals surface area contributed by atoms with E-state index in [-0.39, 0.29) is 17.3 Å². The van der Waals surface area contributed by atoms with Gasteiger partial charge < -0.3 is 4.90 Å². The summed E-state index contributed by atoms with van der Waals surface area (Å²) < 4.78 is 25.9. The number of carbonyl (C=O) groups excluding carboxylic acids is 1. The quantitative estimate of drug-likeness (QED) is 0.834. The van der Waals surface area contributed by atoms with Crippen LogP contribution in [0.5, 0.6) is 0 Å². The zero-order valence-electron chi connectivity index (χ0n) is 13.3. The standard InChI is InChI=1S/C15H23N3O3S/c1-12-7-13(2)10-18(9-12)15(19)11-17(3)22(20,21)14-5-4-6-16-8-14/h4-6,8,12-13H,7,9-11H2,1-3H3/t12-,13-/m0/s1. The third kappa shape index (κ3) is 3.84. The van der Waals surface area contributed by atoms with E-state index >= 15 is 0 Å². The molecule has 2 heterocycles. The van der Waals surface area contributed by atoms with Gasteiger partial charge in [-0.05, 0) is 30.4 Å². The molecule has 0 radical (unpaired) electrons. The number of likely N-dealkylation sites (tertiary alicyclic amines) is 1. The van der Waals surface area contributed by atoms with Crippen molar-refractivity contribution in [3.63, 3.8) is 0 Å². The summed E-state index contributed by atoms with van der Waals surface area (Å²) in [4.78, 5) is 18.1. The number of carbonyl (C=O) groups is 1. The van der Waals surface area contributed by atoms with Gasteiger partial charge in [-0.3, -0.25) is 9.78 Å². The van der Waals surface area contributed by atoms with Crippen LogP contribution in [0.15, 0.2) is 29.4 Å². The summed E-state index contributed by atoms with van der Waals surface area (Å²) in [5, 5.41) is 0. The summed E-state index contributed by atoms with van der Waals surface area (Å²) in [6.07, 6.45) is 3.91. The van der Waals surface area contributed by atoms with Gasteiger partial charge in [-0.25, -0.2) is 8.42 Å². The summed E-state index contributed by atoms with van der Waals surface area (Å²) in [6, 6.07) is 3.05. The molecule has 6 nitrogen and oxygen atoms in total. The van der Waals surface area contributed by atoms with Crippen LogP contribution in [0.4, 0.5) is 0 Å². The van der Waals surface area contributed by atoms with Gasteiger partial charge in [0.2, 0.25) is 15.9 Å². The summed E-state index contributed by atoms with van der Waals surface area (Å²) in [7, 11) is -2.25. The van der Waals surface area contributed by atoms with Gasteiger partial charge in [0, 0.05) is 32.5 Å². The van der Waals surface area contributed by atoms with Crippen LogP contribution in [0.25, 0.3) is 0 Å². The lowest BCUT2D eigenvalue weighted by molar-refractivity contribution is -0.133. The first kappa shape index (κ1) is 16.9. The van der Waals surface area contributed by atoms with Crippen LogP contribution in [0.1, 0.15) is 20.3 Å². The summed E-state index contributed by atoms with van der Waals surface area (Å²) >= 11 is 0. The minimum atomic E-state index is -3.68. The van der Waals surface area contributed by atoms with Gasteiger partial charge in [0.05, 0.1) is 6.54 Å². The molecular weight excluding hydrogens is 302 g/mol. The molecule has 1 amide bonds. The Morgan fingerprint density at radius 3 is 2.55 bits per heavy atom. The Labute approximate surface area is 132 Å². The van der Waals surface area contributed by atoms with Crippen molar-refractivity contribution >= 4 is 15.9 Å². The van der Waals surface area contributed by atoms with Crippen LogP contribution in [0, 0.1) is 11.8 Å². The van der Waals surface area contributed by atoms with Gasteiger partial charge in [-0.1, -0.05) is 13.8 Å². The number of hydrogen-bond acceptors (Lipinski definition) is 4. The van der Waals surface area contributed by atoms with Crippen LogP contribution in [0.3, 0.4) is 0 Å². The normalized spacial score (nSPS) is 22.8. The average Bonchev–Trinajstić information content (AvgIpc) is 2.47. The highest BCUT2D eigenvalue weighted by atomic mass is 32.2. The maximum Gasteiger partial charge on any atom is 0.244 e. The van der Waals surface area contributed by atoms with E-state index < -0.39 is 10.0 Å². The number of hydrogen-bond donors (Lipinski definition) is 0. The maximum atomic E-state index is 12.4. The molecule has 1 aliphatic rings. The topological polar surface area (TPSA) is 70.6 Å². The number of nitrogens with zero attached hydrogens (tertiary/aromatic N) is 3. The number of piperidine rings is 1. The fourth-order valence-electron chi connectivity index (χ4n) is 2.92. The molecule has 22 heavy (non-hydrogen) atoms. The second kappa shape index (κ2) is 6.75. The Kier molecular flexibility index (Phi) is 5.18. The Hall–Kier alpha value is -1.47. The smallest absolute Gasteiger partial charge is 0.244 e. The van der Waals surface area contributed by atoms with Gasteiger partial charge in [0.1, 0.15) is 4.90 Å². The van der Waals surface area contributed by atoms with E-state index in [1.54, 1.807) is 11.0 Å². The molecule has 0 saturated carbocycles. The molecule has 0 spiro atoms. The highest BCUT2D eigenvalue weighted by Crippen LogP contribution is 2.21. The molecule has 2 rings (SSSR count). The molecule has 1 aromatic rings. The van der Waals surface area contributed by atoms with Gasteiger partial charge in [0.25, 0.3) is 0 Å². The van der Waals surface area contributed by atoms with Crippen LogP contribution >= 0.6 is 0 Å². The molecule has 0 bridgehead atoms.